The van der Waals surface area contributed by atoms with Crippen LogP contribution in [0.1, 0.15) is 51.6 Å². The Bertz CT molecular complexity index is 310. The summed E-state index contributed by atoms with van der Waals surface area (Å²) in [5.41, 5.74) is 1.39. The van der Waals surface area contributed by atoms with Crippen LogP contribution in [0.4, 0.5) is 0 Å². The average molecular weight is 263 g/mol. The van der Waals surface area contributed by atoms with E-state index < -0.39 is 0 Å². The van der Waals surface area contributed by atoms with E-state index in [2.05, 4.69) is 56.4 Å². The maximum absolute atomic E-state index is 5.51. The fourth-order valence-corrected chi connectivity index (χ4v) is 2.19. The summed E-state index contributed by atoms with van der Waals surface area (Å²) in [6.45, 7) is 9.48. The van der Waals surface area contributed by atoms with Crippen molar-refractivity contribution in [3.63, 3.8) is 0 Å². The van der Waals surface area contributed by atoms with E-state index in [4.69, 9.17) is 4.74 Å². The second-order valence-corrected chi connectivity index (χ2v) is 5.51. The van der Waals surface area contributed by atoms with E-state index in [0.717, 1.165) is 32.6 Å². The summed E-state index contributed by atoms with van der Waals surface area (Å²) in [4.78, 5) is 0. The van der Waals surface area contributed by atoms with Crippen LogP contribution < -0.4 is 5.32 Å². The molecule has 0 aliphatic carbocycles. The van der Waals surface area contributed by atoms with Crippen LogP contribution >= 0.6 is 0 Å². The van der Waals surface area contributed by atoms with Crippen molar-refractivity contribution < 1.29 is 4.74 Å². The molecule has 1 unspecified atom stereocenters. The molecule has 0 fully saturated rings. The van der Waals surface area contributed by atoms with Crippen molar-refractivity contribution in [3.05, 3.63) is 35.9 Å². The van der Waals surface area contributed by atoms with E-state index in [1.54, 1.807) is 0 Å². The fraction of sp³-hybridized carbons (Fsp3) is 0.647. The fourth-order valence-electron chi connectivity index (χ4n) is 2.19. The topological polar surface area (TPSA) is 21.3 Å². The molecule has 2 heteroatoms. The third-order valence-corrected chi connectivity index (χ3v) is 3.11. The van der Waals surface area contributed by atoms with E-state index in [-0.39, 0.29) is 0 Å². The van der Waals surface area contributed by atoms with Crippen LogP contribution in [-0.4, -0.2) is 19.8 Å². The zero-order chi connectivity index (χ0) is 13.9. The third-order valence-electron chi connectivity index (χ3n) is 3.11. The Hall–Kier alpha value is -0.860. The molecule has 0 aromatic heterocycles. The van der Waals surface area contributed by atoms with Gasteiger partial charge in [-0.25, -0.2) is 0 Å². The summed E-state index contributed by atoms with van der Waals surface area (Å²) in [6.07, 6.45) is 3.37. The molecule has 0 bridgehead atoms. The molecule has 0 saturated heterocycles. The molecule has 0 radical (unpaired) electrons. The lowest BCUT2D eigenvalue weighted by Gasteiger charge is -2.21. The van der Waals surface area contributed by atoms with Crippen molar-refractivity contribution in [2.75, 3.05) is 19.8 Å². The molecule has 1 atom stereocenters. The van der Waals surface area contributed by atoms with Crippen molar-refractivity contribution in [2.24, 2.45) is 5.92 Å². The van der Waals surface area contributed by atoms with Crippen molar-refractivity contribution >= 4 is 0 Å². The predicted octanol–water partition coefficient (Wildman–Crippen LogP) is 4.18. The monoisotopic (exact) mass is 263 g/mol. The van der Waals surface area contributed by atoms with Gasteiger partial charge < -0.3 is 10.1 Å². The average Bonchev–Trinajstić information content (AvgIpc) is 2.42. The van der Waals surface area contributed by atoms with Crippen LogP contribution in [0.3, 0.4) is 0 Å². The van der Waals surface area contributed by atoms with Crippen LogP contribution in [0.2, 0.25) is 0 Å². The highest BCUT2D eigenvalue weighted by molar-refractivity contribution is 5.18. The van der Waals surface area contributed by atoms with Gasteiger partial charge in [-0.05, 0) is 37.3 Å². The van der Waals surface area contributed by atoms with Crippen LogP contribution in [0.5, 0.6) is 0 Å². The van der Waals surface area contributed by atoms with E-state index in [1.807, 2.05) is 0 Å². The highest BCUT2D eigenvalue weighted by Gasteiger charge is 2.11. The molecule has 1 rings (SSSR count). The largest absolute Gasteiger partial charge is 0.381 e. The molecule has 0 spiro atoms. The number of rotatable bonds is 10. The van der Waals surface area contributed by atoms with E-state index in [9.17, 15) is 0 Å². The standard InChI is InChI=1S/C17H29NO/c1-4-12-19-13-8-11-18-17(14-15(2)3)16-9-6-5-7-10-16/h5-7,9-10,15,17-18H,4,8,11-14H2,1-3H3. The van der Waals surface area contributed by atoms with Gasteiger partial charge in [-0.1, -0.05) is 51.1 Å². The highest BCUT2D eigenvalue weighted by Crippen LogP contribution is 2.20. The van der Waals surface area contributed by atoms with Gasteiger partial charge in [0.2, 0.25) is 0 Å². The minimum absolute atomic E-state index is 0.465. The molecule has 1 aromatic rings. The van der Waals surface area contributed by atoms with Crippen molar-refractivity contribution in [3.8, 4) is 0 Å². The molecule has 108 valence electrons. The first-order valence-electron chi connectivity index (χ1n) is 7.60. The van der Waals surface area contributed by atoms with Gasteiger partial charge in [-0.15, -0.1) is 0 Å². The zero-order valence-corrected chi connectivity index (χ0v) is 12.7. The smallest absolute Gasteiger partial charge is 0.0478 e. The maximum atomic E-state index is 5.51. The summed E-state index contributed by atoms with van der Waals surface area (Å²) in [5, 5.41) is 3.66. The summed E-state index contributed by atoms with van der Waals surface area (Å²) >= 11 is 0. The molecule has 1 N–H and O–H groups in total. The summed E-state index contributed by atoms with van der Waals surface area (Å²) < 4.78 is 5.51. The van der Waals surface area contributed by atoms with Crippen LogP contribution in [0.15, 0.2) is 30.3 Å². The van der Waals surface area contributed by atoms with E-state index in [1.165, 1.54) is 12.0 Å². The Balaban J connectivity index is 2.34. The van der Waals surface area contributed by atoms with Gasteiger partial charge in [0, 0.05) is 19.3 Å². The minimum Gasteiger partial charge on any atom is -0.381 e. The molecular weight excluding hydrogens is 234 g/mol. The first-order chi connectivity index (χ1) is 9.24. The van der Waals surface area contributed by atoms with Gasteiger partial charge >= 0.3 is 0 Å². The van der Waals surface area contributed by atoms with Crippen LogP contribution in [0.25, 0.3) is 0 Å². The Morgan fingerprint density at radius 3 is 2.47 bits per heavy atom. The zero-order valence-electron chi connectivity index (χ0n) is 12.7. The quantitative estimate of drug-likeness (QED) is 0.639. The number of hydrogen-bond acceptors (Lipinski definition) is 2. The highest BCUT2D eigenvalue weighted by atomic mass is 16.5. The lowest BCUT2D eigenvalue weighted by atomic mass is 9.97. The predicted molar refractivity (Wildman–Crippen MR) is 82.4 cm³/mol. The Kier molecular flexibility index (Phi) is 8.52. The van der Waals surface area contributed by atoms with Gasteiger partial charge in [0.25, 0.3) is 0 Å². The molecule has 0 aliphatic heterocycles. The maximum Gasteiger partial charge on any atom is 0.0478 e. The third kappa shape index (κ3) is 7.34. The molecular formula is C17H29NO. The summed E-state index contributed by atoms with van der Waals surface area (Å²) in [5.74, 6) is 0.703. The lowest BCUT2D eigenvalue weighted by Crippen LogP contribution is -2.24. The van der Waals surface area contributed by atoms with Crippen molar-refractivity contribution in [2.45, 2.75) is 46.1 Å². The van der Waals surface area contributed by atoms with Gasteiger partial charge in [-0.2, -0.15) is 0 Å². The lowest BCUT2D eigenvalue weighted by molar-refractivity contribution is 0.131. The van der Waals surface area contributed by atoms with Crippen molar-refractivity contribution in [1.29, 1.82) is 0 Å². The molecule has 0 heterocycles. The number of nitrogens with one attached hydrogen (secondary N) is 1. The number of ether oxygens (including phenoxy) is 1. The normalized spacial score (nSPS) is 12.8. The molecule has 0 saturated carbocycles. The molecule has 1 aromatic carbocycles. The second-order valence-electron chi connectivity index (χ2n) is 5.51. The van der Waals surface area contributed by atoms with Crippen LogP contribution in [0, 0.1) is 5.92 Å². The Morgan fingerprint density at radius 2 is 1.84 bits per heavy atom. The molecule has 0 aliphatic rings. The van der Waals surface area contributed by atoms with Gasteiger partial charge in [-0.3, -0.25) is 0 Å². The van der Waals surface area contributed by atoms with E-state index in [0.29, 0.717) is 12.0 Å². The summed E-state index contributed by atoms with van der Waals surface area (Å²) in [6, 6.07) is 11.2. The number of benzene rings is 1. The molecule has 19 heavy (non-hydrogen) atoms. The van der Waals surface area contributed by atoms with E-state index >= 15 is 0 Å². The first-order valence-corrected chi connectivity index (χ1v) is 7.60. The minimum atomic E-state index is 0.465. The Morgan fingerprint density at radius 1 is 1.11 bits per heavy atom. The first kappa shape index (κ1) is 16.2. The van der Waals surface area contributed by atoms with Gasteiger partial charge in [0.05, 0.1) is 0 Å². The summed E-state index contributed by atoms with van der Waals surface area (Å²) in [7, 11) is 0. The van der Waals surface area contributed by atoms with Gasteiger partial charge in [0.15, 0.2) is 0 Å². The molecule has 2 nitrogen and oxygen atoms in total. The van der Waals surface area contributed by atoms with Gasteiger partial charge in [0.1, 0.15) is 0 Å². The van der Waals surface area contributed by atoms with Crippen molar-refractivity contribution in [1.82, 2.24) is 5.32 Å². The Labute approximate surface area is 118 Å². The molecule has 0 amide bonds. The van der Waals surface area contributed by atoms with Crippen LogP contribution in [-0.2, 0) is 4.74 Å². The number of hydrogen-bond donors (Lipinski definition) is 1. The second kappa shape index (κ2) is 9.99. The SMILES string of the molecule is CCCOCCCNC(CC(C)C)c1ccccc1.